The van der Waals surface area contributed by atoms with Crippen molar-refractivity contribution in [2.75, 3.05) is 6.61 Å². The highest BCUT2D eigenvalue weighted by Gasteiger charge is 2.45. The number of benzene rings is 1. The van der Waals surface area contributed by atoms with Crippen LogP contribution in [-0.2, 0) is 14.3 Å². The lowest BCUT2D eigenvalue weighted by molar-refractivity contribution is -0.156. The predicted octanol–water partition coefficient (Wildman–Crippen LogP) is 0.595. The average molecular weight is 272 g/mol. The number of fused-ring (bicyclic) bond motifs is 2. The zero-order chi connectivity index (χ0) is 13.5. The minimum atomic E-state index is -0.701. The Bertz CT molecular complexity index is 642. The molecule has 20 heavy (non-hydrogen) atoms. The Morgan fingerprint density at radius 2 is 2.10 bits per heavy atom. The van der Waals surface area contributed by atoms with Gasteiger partial charge in [-0.05, 0) is 10.4 Å². The molecule has 4 rings (SSSR count). The SMILES string of the molecule is O=C1C[C@H](n2nnnc2-c2ccccc2)[C@H]2CO[C@@H]1O2. The van der Waals surface area contributed by atoms with Gasteiger partial charge in [-0.1, -0.05) is 30.3 Å². The molecule has 1 aromatic carbocycles. The number of ether oxygens (including phenoxy) is 2. The number of nitrogens with zero attached hydrogens (tertiary/aromatic N) is 4. The molecule has 102 valence electrons. The van der Waals surface area contributed by atoms with Crippen LogP contribution in [0.25, 0.3) is 11.4 Å². The molecule has 2 aromatic rings. The van der Waals surface area contributed by atoms with Crippen LogP contribution in [0.4, 0.5) is 0 Å². The van der Waals surface area contributed by atoms with Gasteiger partial charge >= 0.3 is 0 Å². The number of rotatable bonds is 2. The lowest BCUT2D eigenvalue weighted by Gasteiger charge is -2.26. The van der Waals surface area contributed by atoms with E-state index in [9.17, 15) is 4.79 Å². The number of hydrogen-bond donors (Lipinski definition) is 0. The van der Waals surface area contributed by atoms with Crippen LogP contribution in [-0.4, -0.2) is 45.0 Å². The van der Waals surface area contributed by atoms with Crippen molar-refractivity contribution in [2.45, 2.75) is 24.9 Å². The number of hydrogen-bond acceptors (Lipinski definition) is 6. The van der Waals surface area contributed by atoms with Crippen molar-refractivity contribution >= 4 is 5.78 Å². The maximum Gasteiger partial charge on any atom is 0.218 e. The molecule has 0 saturated carbocycles. The minimum Gasteiger partial charge on any atom is -0.343 e. The molecule has 3 heterocycles. The third-order valence-electron chi connectivity index (χ3n) is 3.65. The van der Waals surface area contributed by atoms with Crippen molar-refractivity contribution in [3.05, 3.63) is 30.3 Å². The van der Waals surface area contributed by atoms with Crippen LogP contribution >= 0.6 is 0 Å². The van der Waals surface area contributed by atoms with Gasteiger partial charge in [0.1, 0.15) is 6.10 Å². The van der Waals surface area contributed by atoms with Gasteiger partial charge in [0, 0.05) is 12.0 Å². The summed E-state index contributed by atoms with van der Waals surface area (Å²) in [5.41, 5.74) is 0.908. The van der Waals surface area contributed by atoms with E-state index in [4.69, 9.17) is 9.47 Å². The zero-order valence-electron chi connectivity index (χ0n) is 10.5. The molecule has 2 saturated heterocycles. The summed E-state index contributed by atoms with van der Waals surface area (Å²) in [6.07, 6.45) is -0.545. The molecule has 2 bridgehead atoms. The number of Topliss-reactive ketones (excluding diaryl/α,β-unsaturated/α-hetero) is 1. The quantitative estimate of drug-likeness (QED) is 0.796. The largest absolute Gasteiger partial charge is 0.343 e. The Labute approximate surface area is 114 Å². The minimum absolute atomic E-state index is 0.0572. The first-order valence-electron chi connectivity index (χ1n) is 6.46. The van der Waals surface area contributed by atoms with Crippen molar-refractivity contribution < 1.29 is 14.3 Å². The van der Waals surface area contributed by atoms with E-state index in [1.165, 1.54) is 0 Å². The normalized spacial score (nSPS) is 28.8. The van der Waals surface area contributed by atoms with Gasteiger partial charge in [-0.2, -0.15) is 0 Å². The third kappa shape index (κ3) is 1.75. The number of tetrazole rings is 1. The molecule has 2 fully saturated rings. The maximum absolute atomic E-state index is 11.9. The predicted molar refractivity (Wildman–Crippen MR) is 66.5 cm³/mol. The van der Waals surface area contributed by atoms with Crippen LogP contribution in [0.1, 0.15) is 12.5 Å². The first kappa shape index (κ1) is 11.7. The van der Waals surface area contributed by atoms with Crippen LogP contribution < -0.4 is 0 Å². The molecule has 3 atom stereocenters. The summed E-state index contributed by atoms with van der Waals surface area (Å²) in [6.45, 7) is 0.398. The Morgan fingerprint density at radius 1 is 1.25 bits per heavy atom. The van der Waals surface area contributed by atoms with Gasteiger partial charge in [-0.3, -0.25) is 4.79 Å². The molecular formula is C13H12N4O3. The van der Waals surface area contributed by atoms with Crippen molar-refractivity contribution in [1.82, 2.24) is 20.2 Å². The summed E-state index contributed by atoms with van der Waals surface area (Å²) < 4.78 is 12.5. The number of carbonyl (C=O) groups is 1. The van der Waals surface area contributed by atoms with E-state index in [0.717, 1.165) is 5.56 Å². The van der Waals surface area contributed by atoms with Crippen LogP contribution in [0.3, 0.4) is 0 Å². The van der Waals surface area contributed by atoms with Gasteiger partial charge in [0.05, 0.1) is 12.6 Å². The Hall–Kier alpha value is -2.12. The lowest BCUT2D eigenvalue weighted by Crippen LogP contribution is -2.37. The topological polar surface area (TPSA) is 79.1 Å². The summed E-state index contributed by atoms with van der Waals surface area (Å²) >= 11 is 0. The first-order chi connectivity index (χ1) is 9.83. The molecule has 0 spiro atoms. The molecule has 2 aliphatic heterocycles. The molecule has 0 amide bonds. The molecule has 2 aliphatic rings. The van der Waals surface area contributed by atoms with E-state index in [0.29, 0.717) is 18.9 Å². The van der Waals surface area contributed by atoms with E-state index >= 15 is 0 Å². The van der Waals surface area contributed by atoms with Crippen molar-refractivity contribution in [3.63, 3.8) is 0 Å². The molecular weight excluding hydrogens is 260 g/mol. The van der Waals surface area contributed by atoms with Crippen LogP contribution in [0.15, 0.2) is 30.3 Å². The average Bonchev–Trinajstić information content (AvgIpc) is 3.13. The van der Waals surface area contributed by atoms with Crippen molar-refractivity contribution in [3.8, 4) is 11.4 Å². The van der Waals surface area contributed by atoms with E-state index in [1.54, 1.807) is 4.68 Å². The van der Waals surface area contributed by atoms with E-state index < -0.39 is 6.29 Å². The zero-order valence-corrected chi connectivity index (χ0v) is 10.5. The lowest BCUT2D eigenvalue weighted by atomic mass is 10.0. The first-order valence-corrected chi connectivity index (χ1v) is 6.46. The van der Waals surface area contributed by atoms with E-state index in [2.05, 4.69) is 15.5 Å². The highest BCUT2D eigenvalue weighted by molar-refractivity contribution is 5.83. The Balaban J connectivity index is 1.73. The fraction of sp³-hybridized carbons (Fsp3) is 0.385. The molecule has 0 aliphatic carbocycles. The Kier molecular flexibility index (Phi) is 2.61. The summed E-state index contributed by atoms with van der Waals surface area (Å²) in [5.74, 6) is 0.579. The molecule has 0 unspecified atom stereocenters. The summed E-state index contributed by atoms with van der Waals surface area (Å²) in [7, 11) is 0. The molecule has 0 N–H and O–H groups in total. The summed E-state index contributed by atoms with van der Waals surface area (Å²) in [5, 5.41) is 11.8. The van der Waals surface area contributed by atoms with E-state index in [1.807, 2.05) is 30.3 Å². The fourth-order valence-corrected chi connectivity index (χ4v) is 2.66. The van der Waals surface area contributed by atoms with Gasteiger partial charge in [0.25, 0.3) is 0 Å². The van der Waals surface area contributed by atoms with Crippen molar-refractivity contribution in [1.29, 1.82) is 0 Å². The highest BCUT2D eigenvalue weighted by atomic mass is 16.7. The molecule has 7 heteroatoms. The second-order valence-electron chi connectivity index (χ2n) is 4.89. The molecule has 0 radical (unpaired) electrons. The smallest absolute Gasteiger partial charge is 0.218 e. The van der Waals surface area contributed by atoms with Gasteiger partial charge < -0.3 is 9.47 Å². The van der Waals surface area contributed by atoms with Crippen LogP contribution in [0, 0.1) is 0 Å². The van der Waals surface area contributed by atoms with Gasteiger partial charge in [0.15, 0.2) is 11.6 Å². The summed E-state index contributed by atoms with van der Waals surface area (Å²) in [4.78, 5) is 11.9. The van der Waals surface area contributed by atoms with E-state index in [-0.39, 0.29) is 17.9 Å². The standard InChI is InChI=1S/C13H12N4O3/c18-10-6-9(11-7-19-13(10)20-11)17-12(14-15-16-17)8-4-2-1-3-5-8/h1-5,9,11,13H,6-7H2/t9-,11+,13+/m0/s1. The fourth-order valence-electron chi connectivity index (χ4n) is 2.66. The summed E-state index contributed by atoms with van der Waals surface area (Å²) in [6, 6.07) is 9.42. The number of carbonyl (C=O) groups excluding carboxylic acids is 1. The highest BCUT2D eigenvalue weighted by Crippen LogP contribution is 2.34. The Morgan fingerprint density at radius 3 is 2.95 bits per heavy atom. The molecule has 1 aromatic heterocycles. The number of aromatic nitrogens is 4. The number of ketones is 1. The van der Waals surface area contributed by atoms with Crippen LogP contribution in [0.5, 0.6) is 0 Å². The molecule has 7 nitrogen and oxygen atoms in total. The van der Waals surface area contributed by atoms with Gasteiger partial charge in [0.2, 0.25) is 6.29 Å². The third-order valence-corrected chi connectivity index (χ3v) is 3.65. The monoisotopic (exact) mass is 272 g/mol. The van der Waals surface area contributed by atoms with Gasteiger partial charge in [-0.15, -0.1) is 5.10 Å². The van der Waals surface area contributed by atoms with Crippen LogP contribution in [0.2, 0.25) is 0 Å². The second kappa shape index (κ2) is 4.46. The van der Waals surface area contributed by atoms with Crippen molar-refractivity contribution in [2.24, 2.45) is 0 Å². The van der Waals surface area contributed by atoms with Gasteiger partial charge in [-0.25, -0.2) is 4.68 Å². The second-order valence-corrected chi connectivity index (χ2v) is 4.89. The maximum atomic E-state index is 11.9.